The second-order valence-electron chi connectivity index (χ2n) is 9.32. The van der Waals surface area contributed by atoms with Crippen LogP contribution in [-0.2, 0) is 10.2 Å². The van der Waals surface area contributed by atoms with Crippen LogP contribution in [-0.4, -0.2) is 24.5 Å². The molecule has 1 aromatic carbocycles. The van der Waals surface area contributed by atoms with Crippen molar-refractivity contribution in [3.05, 3.63) is 29.8 Å². The first-order chi connectivity index (χ1) is 11.4. The van der Waals surface area contributed by atoms with Crippen LogP contribution in [0, 0.1) is 10.8 Å². The van der Waals surface area contributed by atoms with Gasteiger partial charge in [-0.3, -0.25) is 0 Å². The number of benzene rings is 1. The minimum Gasteiger partial charge on any atom is -0.508 e. The number of hydrogen-bond donors (Lipinski definition) is 3. The summed E-state index contributed by atoms with van der Waals surface area (Å²) < 4.78 is 0. The zero-order valence-electron chi connectivity index (χ0n) is 16.9. The van der Waals surface area contributed by atoms with Gasteiger partial charge in [-0.25, -0.2) is 0 Å². The first kappa shape index (κ1) is 23.6. The number of aromatic hydroxyl groups is 1. The quantitative estimate of drug-likeness (QED) is 0.714. The molecule has 1 fully saturated rings. The predicted octanol–water partition coefficient (Wildman–Crippen LogP) is 3.99. The van der Waals surface area contributed by atoms with Crippen molar-refractivity contribution in [2.24, 2.45) is 22.3 Å². The Balaban J connectivity index is 0.000000421. The molecule has 144 valence electrons. The summed E-state index contributed by atoms with van der Waals surface area (Å²) in [5.41, 5.74) is 13.9. The monoisotopic (exact) mass is 350 g/mol. The van der Waals surface area contributed by atoms with E-state index in [2.05, 4.69) is 41.5 Å². The molecule has 0 aromatic heterocycles. The van der Waals surface area contributed by atoms with Gasteiger partial charge in [-0.2, -0.15) is 0 Å². The highest BCUT2D eigenvalue weighted by Crippen LogP contribution is 2.44. The minimum absolute atomic E-state index is 0.174. The number of carbonyl (C=O) groups is 1. The van der Waals surface area contributed by atoms with Crippen molar-refractivity contribution < 1.29 is 9.90 Å². The van der Waals surface area contributed by atoms with E-state index in [0.717, 1.165) is 19.4 Å². The highest BCUT2D eigenvalue weighted by molar-refractivity contribution is 5.29. The fraction of sp³-hybridized carbons (Fsp3) is 0.667. The number of carbonyl (C=O) groups excluding carboxylic acids is 1. The van der Waals surface area contributed by atoms with Crippen LogP contribution in [0.15, 0.2) is 24.3 Å². The molecule has 0 spiro atoms. The molecule has 5 N–H and O–H groups in total. The van der Waals surface area contributed by atoms with Crippen LogP contribution in [0.4, 0.5) is 0 Å². The average molecular weight is 351 g/mol. The third-order valence-electron chi connectivity index (χ3n) is 4.70. The second-order valence-corrected chi connectivity index (χ2v) is 9.32. The highest BCUT2D eigenvalue weighted by Gasteiger charge is 2.38. The molecular formula is C21H38N2O2. The first-order valence-corrected chi connectivity index (χ1v) is 8.91. The van der Waals surface area contributed by atoms with Crippen LogP contribution in [0.3, 0.4) is 0 Å². The van der Waals surface area contributed by atoms with Crippen LogP contribution in [0.25, 0.3) is 0 Å². The van der Waals surface area contributed by atoms with Crippen molar-refractivity contribution in [3.63, 3.8) is 0 Å². The summed E-state index contributed by atoms with van der Waals surface area (Å²) in [6.07, 6.45) is 3.44. The van der Waals surface area contributed by atoms with Gasteiger partial charge < -0.3 is 21.4 Å². The van der Waals surface area contributed by atoms with E-state index in [9.17, 15) is 0 Å². The Hall–Kier alpha value is -1.39. The van der Waals surface area contributed by atoms with Crippen LogP contribution < -0.4 is 11.5 Å². The lowest BCUT2D eigenvalue weighted by Crippen LogP contribution is -2.45. The zero-order chi connectivity index (χ0) is 19.9. The smallest absolute Gasteiger partial charge is 0.115 e. The van der Waals surface area contributed by atoms with Gasteiger partial charge in [-0.05, 0) is 59.7 Å². The molecule has 1 aliphatic carbocycles. The van der Waals surface area contributed by atoms with E-state index in [1.165, 1.54) is 12.0 Å². The SMILES string of the molecule is C=O.CC(C)(C)c1ccc(O)cc1.CC1(C)CC(N)CC(C)(CN)C1. The van der Waals surface area contributed by atoms with Gasteiger partial charge in [0.15, 0.2) is 0 Å². The number of nitrogens with two attached hydrogens (primary N) is 2. The molecule has 0 aliphatic heterocycles. The Bertz CT molecular complexity index is 506. The molecule has 0 saturated heterocycles. The minimum atomic E-state index is 0.174. The molecule has 2 atom stereocenters. The van der Waals surface area contributed by atoms with E-state index >= 15 is 0 Å². The topological polar surface area (TPSA) is 89.3 Å². The molecule has 1 aromatic rings. The van der Waals surface area contributed by atoms with E-state index < -0.39 is 0 Å². The summed E-state index contributed by atoms with van der Waals surface area (Å²) in [6.45, 7) is 16.1. The Kier molecular flexibility index (Phi) is 8.83. The molecule has 0 bridgehead atoms. The van der Waals surface area contributed by atoms with E-state index in [-0.39, 0.29) is 10.8 Å². The standard InChI is InChI=1S/C10H22N2.C10H14O.CH2O/c1-9(2)4-8(12)5-10(3,6-9)7-11;1-10(2,3)8-4-6-9(11)7-5-8;1-2/h8H,4-7,11-12H2,1-3H3;4-7,11H,1-3H3;1H2. The van der Waals surface area contributed by atoms with Gasteiger partial charge in [0.1, 0.15) is 12.5 Å². The Morgan fingerprint density at radius 1 is 1.12 bits per heavy atom. The van der Waals surface area contributed by atoms with Gasteiger partial charge >= 0.3 is 0 Å². The molecule has 4 heteroatoms. The van der Waals surface area contributed by atoms with Gasteiger partial charge in [0, 0.05) is 6.04 Å². The van der Waals surface area contributed by atoms with Crippen LogP contribution in [0.1, 0.15) is 66.4 Å². The van der Waals surface area contributed by atoms with Crippen molar-refractivity contribution in [3.8, 4) is 5.75 Å². The maximum absolute atomic E-state index is 9.02. The third-order valence-corrected chi connectivity index (χ3v) is 4.70. The molecule has 2 rings (SSSR count). The lowest BCUT2D eigenvalue weighted by Gasteiger charge is -2.45. The van der Waals surface area contributed by atoms with E-state index in [4.69, 9.17) is 21.4 Å². The molecule has 0 heterocycles. The summed E-state index contributed by atoms with van der Waals surface area (Å²) in [7, 11) is 0. The normalized spacial score (nSPS) is 25.0. The van der Waals surface area contributed by atoms with Gasteiger partial charge in [0.25, 0.3) is 0 Å². The van der Waals surface area contributed by atoms with Crippen LogP contribution in [0.5, 0.6) is 5.75 Å². The van der Waals surface area contributed by atoms with Gasteiger partial charge in [0.05, 0.1) is 0 Å². The third kappa shape index (κ3) is 8.50. The molecule has 0 amide bonds. The van der Waals surface area contributed by atoms with Gasteiger partial charge in [-0.1, -0.05) is 53.7 Å². The Morgan fingerprint density at radius 3 is 1.96 bits per heavy atom. The Morgan fingerprint density at radius 2 is 1.60 bits per heavy atom. The zero-order valence-corrected chi connectivity index (χ0v) is 16.9. The number of rotatable bonds is 1. The second kappa shape index (κ2) is 9.35. The number of phenols is 1. The fourth-order valence-electron chi connectivity index (χ4n) is 3.83. The lowest BCUT2D eigenvalue weighted by molar-refractivity contribution is -0.0980. The summed E-state index contributed by atoms with van der Waals surface area (Å²) >= 11 is 0. The molecule has 25 heavy (non-hydrogen) atoms. The summed E-state index contributed by atoms with van der Waals surface area (Å²) in [6, 6.07) is 7.70. The molecule has 0 radical (unpaired) electrons. The van der Waals surface area contributed by atoms with E-state index in [1.54, 1.807) is 12.1 Å². The van der Waals surface area contributed by atoms with Gasteiger partial charge in [-0.15, -0.1) is 0 Å². The largest absolute Gasteiger partial charge is 0.508 e. The maximum atomic E-state index is 9.02. The summed E-state index contributed by atoms with van der Waals surface area (Å²) in [5.74, 6) is 0.331. The van der Waals surface area contributed by atoms with Crippen molar-refractivity contribution in [2.45, 2.75) is 72.3 Å². The van der Waals surface area contributed by atoms with Crippen molar-refractivity contribution in [1.82, 2.24) is 0 Å². The molecule has 1 aliphatic rings. The molecule has 1 saturated carbocycles. The van der Waals surface area contributed by atoms with Crippen LogP contribution in [0.2, 0.25) is 0 Å². The highest BCUT2D eigenvalue weighted by atomic mass is 16.3. The predicted molar refractivity (Wildman–Crippen MR) is 107 cm³/mol. The van der Waals surface area contributed by atoms with Crippen LogP contribution >= 0.6 is 0 Å². The first-order valence-electron chi connectivity index (χ1n) is 8.91. The number of hydrogen-bond acceptors (Lipinski definition) is 4. The average Bonchev–Trinajstić information content (AvgIpc) is 2.47. The van der Waals surface area contributed by atoms with Gasteiger partial charge in [0.2, 0.25) is 0 Å². The van der Waals surface area contributed by atoms with E-state index in [0.29, 0.717) is 17.2 Å². The van der Waals surface area contributed by atoms with E-state index in [1.807, 2.05) is 18.9 Å². The van der Waals surface area contributed by atoms with Crippen molar-refractivity contribution in [1.29, 1.82) is 0 Å². The molecule has 4 nitrogen and oxygen atoms in total. The molecular weight excluding hydrogens is 312 g/mol. The van der Waals surface area contributed by atoms with Crippen molar-refractivity contribution >= 4 is 6.79 Å². The molecule has 2 unspecified atom stereocenters. The Labute approximate surface area is 154 Å². The van der Waals surface area contributed by atoms with Crippen molar-refractivity contribution in [2.75, 3.05) is 6.54 Å². The summed E-state index contributed by atoms with van der Waals surface area (Å²) in [4.78, 5) is 8.00. The number of phenolic OH excluding ortho intramolecular Hbond substituents is 1. The fourth-order valence-corrected chi connectivity index (χ4v) is 3.83. The lowest BCUT2D eigenvalue weighted by atomic mass is 9.63. The summed E-state index contributed by atoms with van der Waals surface area (Å²) in [5, 5.41) is 9.02. The maximum Gasteiger partial charge on any atom is 0.115 e.